The van der Waals surface area contributed by atoms with Gasteiger partial charge in [-0.2, -0.15) is 5.10 Å². The molecule has 2 N–H and O–H groups in total. The first-order valence-electron chi connectivity index (χ1n) is 6.27. The second kappa shape index (κ2) is 6.33. The highest BCUT2D eigenvalue weighted by molar-refractivity contribution is 5.93. The van der Waals surface area contributed by atoms with Crippen molar-refractivity contribution in [2.75, 3.05) is 0 Å². The zero-order valence-corrected chi connectivity index (χ0v) is 11.2. The van der Waals surface area contributed by atoms with E-state index in [1.807, 2.05) is 0 Å². The summed E-state index contributed by atoms with van der Waals surface area (Å²) in [6.07, 6.45) is 2.53. The summed E-state index contributed by atoms with van der Waals surface area (Å²) >= 11 is 0. The van der Waals surface area contributed by atoms with Crippen LogP contribution in [0.3, 0.4) is 0 Å². The van der Waals surface area contributed by atoms with Crippen LogP contribution in [0, 0.1) is 17.6 Å². The number of nitrogens with zero attached hydrogens (tertiary/aromatic N) is 2. The Kier molecular flexibility index (Phi) is 4.50. The lowest BCUT2D eigenvalue weighted by molar-refractivity contribution is -0.154. The summed E-state index contributed by atoms with van der Waals surface area (Å²) in [6.45, 7) is 0.0247. The molecule has 0 aliphatic heterocycles. The van der Waals surface area contributed by atoms with Crippen molar-refractivity contribution in [3.8, 4) is 0 Å². The molecule has 0 atom stereocenters. The normalized spacial score (nSPS) is 10.9. The van der Waals surface area contributed by atoms with Crippen LogP contribution in [0.1, 0.15) is 11.1 Å². The third-order valence-corrected chi connectivity index (χ3v) is 3.07. The average molecular weight is 310 g/mol. The summed E-state index contributed by atoms with van der Waals surface area (Å²) in [6, 6.07) is 3.15. The molecule has 0 aliphatic carbocycles. The highest BCUT2D eigenvalue weighted by atomic mass is 19.1. The van der Waals surface area contributed by atoms with E-state index in [9.17, 15) is 18.4 Å². The maximum atomic E-state index is 13.5. The predicted molar refractivity (Wildman–Crippen MR) is 70.2 cm³/mol. The molecule has 0 radical (unpaired) electrons. The van der Waals surface area contributed by atoms with Gasteiger partial charge in [0.25, 0.3) is 0 Å². The van der Waals surface area contributed by atoms with Crippen molar-refractivity contribution in [3.63, 3.8) is 0 Å². The van der Waals surface area contributed by atoms with Crippen molar-refractivity contribution in [2.45, 2.75) is 13.0 Å². The molecular weight excluding hydrogens is 298 g/mol. The number of halogens is 2. The molecule has 0 saturated heterocycles. The lowest BCUT2D eigenvalue weighted by Crippen LogP contribution is -2.25. The second-order valence-electron chi connectivity index (χ2n) is 4.72. The van der Waals surface area contributed by atoms with E-state index in [1.165, 1.54) is 23.1 Å². The van der Waals surface area contributed by atoms with Gasteiger partial charge < -0.3 is 10.2 Å². The fourth-order valence-corrected chi connectivity index (χ4v) is 1.94. The minimum atomic E-state index is -1.57. The molecule has 0 unspecified atom stereocenters. The molecule has 116 valence electrons. The molecule has 6 nitrogen and oxygen atoms in total. The lowest BCUT2D eigenvalue weighted by atomic mass is 10.0. The Labute approximate surface area is 123 Å². The van der Waals surface area contributed by atoms with Gasteiger partial charge in [-0.25, -0.2) is 8.78 Å². The molecule has 0 saturated carbocycles. The molecule has 0 amide bonds. The first-order valence-corrected chi connectivity index (χ1v) is 6.27. The Morgan fingerprint density at radius 2 is 1.91 bits per heavy atom. The predicted octanol–water partition coefficient (Wildman–Crippen LogP) is 1.54. The van der Waals surface area contributed by atoms with Gasteiger partial charge in [-0.15, -0.1) is 0 Å². The SMILES string of the molecule is O=C(O)C(Cc1cnn(Cc2ccc(F)cc2F)c1)C(=O)O. The van der Waals surface area contributed by atoms with Crippen LogP contribution >= 0.6 is 0 Å². The Morgan fingerprint density at radius 1 is 1.23 bits per heavy atom. The number of carbonyl (C=O) groups is 2. The summed E-state index contributed by atoms with van der Waals surface area (Å²) in [5.74, 6) is -5.85. The fourth-order valence-electron chi connectivity index (χ4n) is 1.94. The minimum absolute atomic E-state index is 0.0247. The van der Waals surface area contributed by atoms with E-state index in [1.54, 1.807) is 0 Å². The van der Waals surface area contributed by atoms with Crippen LogP contribution < -0.4 is 0 Å². The summed E-state index contributed by atoms with van der Waals surface area (Å²) < 4.78 is 27.7. The van der Waals surface area contributed by atoms with Crippen LogP contribution in [0.4, 0.5) is 8.78 Å². The number of aromatic nitrogens is 2. The molecule has 0 spiro atoms. The van der Waals surface area contributed by atoms with E-state index in [0.717, 1.165) is 12.1 Å². The quantitative estimate of drug-likeness (QED) is 0.790. The van der Waals surface area contributed by atoms with E-state index in [-0.39, 0.29) is 18.5 Å². The van der Waals surface area contributed by atoms with E-state index < -0.39 is 29.5 Å². The van der Waals surface area contributed by atoms with Crippen LogP contribution in [-0.4, -0.2) is 31.9 Å². The molecule has 2 rings (SSSR count). The van der Waals surface area contributed by atoms with Gasteiger partial charge in [-0.3, -0.25) is 14.3 Å². The van der Waals surface area contributed by atoms with Crippen molar-refractivity contribution in [3.05, 3.63) is 53.4 Å². The Balaban J connectivity index is 2.11. The number of hydrogen-bond acceptors (Lipinski definition) is 3. The first kappa shape index (κ1) is 15.6. The monoisotopic (exact) mass is 310 g/mol. The molecule has 8 heteroatoms. The minimum Gasteiger partial charge on any atom is -0.481 e. The van der Waals surface area contributed by atoms with Gasteiger partial charge in [0.05, 0.1) is 12.7 Å². The van der Waals surface area contributed by atoms with Gasteiger partial charge >= 0.3 is 11.9 Å². The van der Waals surface area contributed by atoms with Crippen LogP contribution in [0.15, 0.2) is 30.6 Å². The summed E-state index contributed by atoms with van der Waals surface area (Å²) in [4.78, 5) is 21.7. The zero-order valence-electron chi connectivity index (χ0n) is 11.2. The Hall–Kier alpha value is -2.77. The maximum Gasteiger partial charge on any atom is 0.318 e. The smallest absolute Gasteiger partial charge is 0.318 e. The van der Waals surface area contributed by atoms with E-state index in [0.29, 0.717) is 5.56 Å². The summed E-state index contributed by atoms with van der Waals surface area (Å²) in [7, 11) is 0. The lowest BCUT2D eigenvalue weighted by Gasteiger charge is -2.05. The van der Waals surface area contributed by atoms with Crippen molar-refractivity contribution >= 4 is 11.9 Å². The van der Waals surface area contributed by atoms with Gasteiger partial charge in [0.2, 0.25) is 0 Å². The molecule has 0 bridgehead atoms. The maximum absolute atomic E-state index is 13.5. The average Bonchev–Trinajstić information content (AvgIpc) is 2.86. The van der Waals surface area contributed by atoms with Gasteiger partial charge in [0, 0.05) is 17.8 Å². The number of carboxylic acids is 2. The molecule has 1 heterocycles. The first-order chi connectivity index (χ1) is 10.4. The fraction of sp³-hybridized carbons (Fsp3) is 0.214. The molecular formula is C14H12F2N2O4. The van der Waals surface area contributed by atoms with Gasteiger partial charge in [0.1, 0.15) is 11.6 Å². The number of aliphatic carboxylic acids is 2. The number of benzene rings is 1. The third kappa shape index (κ3) is 3.66. The highest BCUT2D eigenvalue weighted by Gasteiger charge is 2.26. The second-order valence-corrected chi connectivity index (χ2v) is 4.72. The molecule has 0 fully saturated rings. The Morgan fingerprint density at radius 3 is 2.50 bits per heavy atom. The number of carboxylic acid groups (broad SMARTS) is 2. The third-order valence-electron chi connectivity index (χ3n) is 3.07. The number of rotatable bonds is 6. The van der Waals surface area contributed by atoms with Crippen LogP contribution in [-0.2, 0) is 22.6 Å². The van der Waals surface area contributed by atoms with E-state index in [2.05, 4.69) is 5.10 Å². The van der Waals surface area contributed by atoms with E-state index >= 15 is 0 Å². The van der Waals surface area contributed by atoms with Crippen LogP contribution in [0.2, 0.25) is 0 Å². The molecule has 1 aromatic carbocycles. The van der Waals surface area contributed by atoms with Gasteiger partial charge in [-0.1, -0.05) is 6.07 Å². The largest absolute Gasteiger partial charge is 0.481 e. The summed E-state index contributed by atoms with van der Waals surface area (Å²) in [5, 5.41) is 21.5. The molecule has 22 heavy (non-hydrogen) atoms. The van der Waals surface area contributed by atoms with Gasteiger partial charge in [0.15, 0.2) is 5.92 Å². The highest BCUT2D eigenvalue weighted by Crippen LogP contribution is 2.13. The standard InChI is InChI=1S/C14H12F2N2O4/c15-10-2-1-9(12(16)4-10)7-18-6-8(5-17-18)3-11(13(19)20)14(21)22/h1-2,4-6,11H,3,7H2,(H,19,20)(H,21,22). The van der Waals surface area contributed by atoms with Crippen molar-refractivity contribution in [1.29, 1.82) is 0 Å². The van der Waals surface area contributed by atoms with E-state index in [4.69, 9.17) is 10.2 Å². The van der Waals surface area contributed by atoms with Crippen LogP contribution in [0.25, 0.3) is 0 Å². The van der Waals surface area contributed by atoms with Crippen molar-refractivity contribution in [2.24, 2.45) is 5.92 Å². The van der Waals surface area contributed by atoms with Gasteiger partial charge in [-0.05, 0) is 18.1 Å². The summed E-state index contributed by atoms with van der Waals surface area (Å²) in [5.41, 5.74) is 0.612. The molecule has 2 aromatic rings. The zero-order chi connectivity index (χ0) is 16.3. The number of hydrogen-bond donors (Lipinski definition) is 2. The topological polar surface area (TPSA) is 92.4 Å². The van der Waals surface area contributed by atoms with Crippen molar-refractivity contribution < 1.29 is 28.6 Å². The Bertz CT molecular complexity index is 701. The molecule has 1 aromatic heterocycles. The van der Waals surface area contributed by atoms with Crippen LogP contribution in [0.5, 0.6) is 0 Å². The molecule has 0 aliphatic rings. The van der Waals surface area contributed by atoms with Crippen molar-refractivity contribution in [1.82, 2.24) is 9.78 Å².